The van der Waals surface area contributed by atoms with E-state index in [1.165, 1.54) is 6.07 Å². The topological polar surface area (TPSA) is 49.7 Å². The smallest absolute Gasteiger partial charge is 0.127 e. The Morgan fingerprint density at radius 1 is 1.11 bits per heavy atom. The quantitative estimate of drug-likeness (QED) is 0.837. The van der Waals surface area contributed by atoms with Gasteiger partial charge in [-0.25, -0.2) is 0 Å². The first kappa shape index (κ1) is 12.3. The Hall–Kier alpha value is -1.71. The molecule has 0 radical (unpaired) electrons. The van der Waals surface area contributed by atoms with Crippen molar-refractivity contribution in [1.29, 1.82) is 0 Å². The first-order chi connectivity index (χ1) is 9.13. The van der Waals surface area contributed by atoms with Crippen LogP contribution < -0.4 is 4.74 Å². The molecule has 0 saturated heterocycles. The van der Waals surface area contributed by atoms with Gasteiger partial charge >= 0.3 is 0 Å². The monoisotopic (exact) mass is 276 g/mol. The van der Waals surface area contributed by atoms with Crippen LogP contribution in [0.3, 0.4) is 0 Å². The van der Waals surface area contributed by atoms with E-state index in [4.69, 9.17) is 16.3 Å². The maximum absolute atomic E-state index is 10.2. The van der Waals surface area contributed by atoms with E-state index in [1.54, 1.807) is 24.3 Å². The summed E-state index contributed by atoms with van der Waals surface area (Å²) >= 11 is 5.86. The highest BCUT2D eigenvalue weighted by Gasteiger charge is 2.28. The van der Waals surface area contributed by atoms with Gasteiger partial charge in [-0.2, -0.15) is 0 Å². The normalized spacial score (nSPS) is 21.6. The highest BCUT2D eigenvalue weighted by Crippen LogP contribution is 2.42. The Kier molecular flexibility index (Phi) is 3.09. The number of aliphatic hydroxyl groups excluding tert-OH is 1. The zero-order valence-corrected chi connectivity index (χ0v) is 10.8. The van der Waals surface area contributed by atoms with E-state index in [0.717, 1.165) is 5.56 Å². The van der Waals surface area contributed by atoms with Crippen LogP contribution in [0.5, 0.6) is 11.5 Å². The van der Waals surface area contributed by atoms with E-state index in [9.17, 15) is 10.2 Å². The number of phenolic OH excluding ortho intramolecular Hbond substituents is 1. The Bertz CT molecular complexity index is 595. The van der Waals surface area contributed by atoms with E-state index in [-0.39, 0.29) is 11.9 Å². The predicted molar refractivity (Wildman–Crippen MR) is 72.5 cm³/mol. The summed E-state index contributed by atoms with van der Waals surface area (Å²) in [4.78, 5) is 0. The summed E-state index contributed by atoms with van der Waals surface area (Å²) in [6.07, 6.45) is -0.390. The van der Waals surface area contributed by atoms with Gasteiger partial charge in [0.05, 0.1) is 6.10 Å². The Morgan fingerprint density at radius 2 is 1.84 bits per heavy atom. The number of benzene rings is 2. The molecule has 0 amide bonds. The zero-order valence-electron chi connectivity index (χ0n) is 10.1. The summed E-state index contributed by atoms with van der Waals surface area (Å²) in [7, 11) is 0. The molecule has 1 aliphatic heterocycles. The summed E-state index contributed by atoms with van der Waals surface area (Å²) in [5, 5.41) is 20.3. The molecule has 0 fully saturated rings. The molecule has 1 heterocycles. The molecule has 1 aliphatic rings. The minimum Gasteiger partial charge on any atom is -0.508 e. The number of hydrogen-bond acceptors (Lipinski definition) is 3. The van der Waals surface area contributed by atoms with Gasteiger partial charge in [-0.1, -0.05) is 23.7 Å². The lowest BCUT2D eigenvalue weighted by Crippen LogP contribution is -2.18. The SMILES string of the molecule is Oc1ccc2c(c1)C(O)CC(c1ccc(Cl)cc1)O2. The van der Waals surface area contributed by atoms with Crippen molar-refractivity contribution in [3.05, 3.63) is 58.6 Å². The molecule has 2 N–H and O–H groups in total. The Labute approximate surface area is 116 Å². The number of rotatable bonds is 1. The Morgan fingerprint density at radius 3 is 2.58 bits per heavy atom. The summed E-state index contributed by atoms with van der Waals surface area (Å²) in [6.45, 7) is 0. The van der Waals surface area contributed by atoms with Crippen LogP contribution >= 0.6 is 11.6 Å². The third-order valence-electron chi connectivity index (χ3n) is 3.30. The number of halogens is 1. The van der Waals surface area contributed by atoms with Crippen molar-refractivity contribution >= 4 is 11.6 Å². The third-order valence-corrected chi connectivity index (χ3v) is 3.55. The van der Waals surface area contributed by atoms with Crippen molar-refractivity contribution in [2.45, 2.75) is 18.6 Å². The van der Waals surface area contributed by atoms with Crippen molar-refractivity contribution in [2.24, 2.45) is 0 Å². The van der Waals surface area contributed by atoms with Crippen LogP contribution in [0.2, 0.25) is 5.02 Å². The number of aromatic hydroxyl groups is 1. The van der Waals surface area contributed by atoms with Gasteiger partial charge in [0.25, 0.3) is 0 Å². The van der Waals surface area contributed by atoms with Crippen LogP contribution in [0.4, 0.5) is 0 Å². The zero-order chi connectivity index (χ0) is 13.4. The summed E-state index contributed by atoms with van der Waals surface area (Å²) in [5.41, 5.74) is 1.60. The number of ether oxygens (including phenoxy) is 1. The van der Waals surface area contributed by atoms with Gasteiger partial charge in [0, 0.05) is 17.0 Å². The number of hydrogen-bond donors (Lipinski definition) is 2. The molecule has 4 heteroatoms. The lowest BCUT2D eigenvalue weighted by Gasteiger charge is -2.30. The summed E-state index contributed by atoms with van der Waals surface area (Å²) < 4.78 is 5.87. The van der Waals surface area contributed by atoms with Crippen LogP contribution in [0, 0.1) is 0 Å². The molecule has 0 saturated carbocycles. The standard InChI is InChI=1S/C15H13ClO3/c16-10-3-1-9(2-4-10)15-8-13(18)12-7-11(17)5-6-14(12)19-15/h1-7,13,15,17-18H,8H2. The fourth-order valence-corrected chi connectivity index (χ4v) is 2.44. The van der Waals surface area contributed by atoms with E-state index in [0.29, 0.717) is 22.8 Å². The summed E-state index contributed by atoms with van der Waals surface area (Å²) in [6, 6.07) is 12.2. The van der Waals surface area contributed by atoms with Gasteiger partial charge in [0.2, 0.25) is 0 Å². The lowest BCUT2D eigenvalue weighted by molar-refractivity contribution is 0.0654. The van der Waals surface area contributed by atoms with E-state index < -0.39 is 6.10 Å². The molecule has 0 spiro atoms. The number of phenols is 1. The maximum atomic E-state index is 10.2. The maximum Gasteiger partial charge on any atom is 0.127 e. The van der Waals surface area contributed by atoms with Crippen molar-refractivity contribution in [2.75, 3.05) is 0 Å². The molecule has 2 aromatic carbocycles. The molecule has 2 unspecified atom stereocenters. The fourth-order valence-electron chi connectivity index (χ4n) is 2.32. The van der Waals surface area contributed by atoms with Gasteiger partial charge in [0.15, 0.2) is 0 Å². The molecule has 0 aromatic heterocycles. The fraction of sp³-hybridized carbons (Fsp3) is 0.200. The van der Waals surface area contributed by atoms with Gasteiger partial charge in [-0.3, -0.25) is 0 Å². The van der Waals surface area contributed by atoms with Crippen molar-refractivity contribution < 1.29 is 14.9 Å². The molecule has 3 rings (SSSR count). The second-order valence-corrected chi connectivity index (χ2v) is 5.07. The second-order valence-electron chi connectivity index (χ2n) is 4.63. The van der Waals surface area contributed by atoms with E-state index in [1.807, 2.05) is 12.1 Å². The van der Waals surface area contributed by atoms with Gasteiger partial charge in [-0.15, -0.1) is 0 Å². The molecule has 2 atom stereocenters. The highest BCUT2D eigenvalue weighted by molar-refractivity contribution is 6.30. The first-order valence-corrected chi connectivity index (χ1v) is 6.44. The average Bonchev–Trinajstić information content (AvgIpc) is 2.40. The van der Waals surface area contributed by atoms with Crippen LogP contribution in [0.25, 0.3) is 0 Å². The summed E-state index contributed by atoms with van der Waals surface area (Å²) in [5.74, 6) is 0.739. The molecular weight excluding hydrogens is 264 g/mol. The van der Waals surface area contributed by atoms with E-state index >= 15 is 0 Å². The van der Waals surface area contributed by atoms with Crippen molar-refractivity contribution in [3.63, 3.8) is 0 Å². The largest absolute Gasteiger partial charge is 0.508 e. The van der Waals surface area contributed by atoms with Crippen LogP contribution in [0.15, 0.2) is 42.5 Å². The minimum atomic E-state index is -0.642. The molecule has 19 heavy (non-hydrogen) atoms. The van der Waals surface area contributed by atoms with Gasteiger partial charge < -0.3 is 14.9 Å². The number of aliphatic hydroxyl groups is 1. The average molecular weight is 277 g/mol. The molecule has 0 bridgehead atoms. The lowest BCUT2D eigenvalue weighted by atomic mass is 9.95. The van der Waals surface area contributed by atoms with Gasteiger partial charge in [0.1, 0.15) is 17.6 Å². The molecule has 3 nitrogen and oxygen atoms in total. The highest BCUT2D eigenvalue weighted by atomic mass is 35.5. The molecule has 0 aliphatic carbocycles. The molecule has 98 valence electrons. The number of fused-ring (bicyclic) bond motifs is 1. The third kappa shape index (κ3) is 2.39. The van der Waals surface area contributed by atoms with Gasteiger partial charge in [-0.05, 0) is 35.9 Å². The van der Waals surface area contributed by atoms with E-state index in [2.05, 4.69) is 0 Å². The minimum absolute atomic E-state index is 0.131. The van der Waals surface area contributed by atoms with Crippen molar-refractivity contribution in [3.8, 4) is 11.5 Å². The first-order valence-electron chi connectivity index (χ1n) is 6.06. The molecular formula is C15H13ClO3. The van der Waals surface area contributed by atoms with Crippen molar-refractivity contribution in [1.82, 2.24) is 0 Å². The van der Waals surface area contributed by atoms with Crippen LogP contribution in [0.1, 0.15) is 29.8 Å². The second kappa shape index (κ2) is 4.76. The van der Waals surface area contributed by atoms with Crippen LogP contribution in [-0.4, -0.2) is 10.2 Å². The molecule has 2 aromatic rings. The van der Waals surface area contributed by atoms with Crippen LogP contribution in [-0.2, 0) is 0 Å². The Balaban J connectivity index is 1.92. The predicted octanol–water partition coefficient (Wildman–Crippen LogP) is 3.60.